The Morgan fingerprint density at radius 1 is 1.09 bits per heavy atom. The molecule has 0 radical (unpaired) electrons. The molecule has 190 valence electrons. The van der Waals surface area contributed by atoms with Crippen LogP contribution in [0, 0.1) is 6.92 Å². The molecule has 2 N–H and O–H groups in total. The molecule has 0 bridgehead atoms. The number of nitrogens with zero attached hydrogens (tertiary/aromatic N) is 2. The fourth-order valence-corrected chi connectivity index (χ4v) is 6.16. The molecule has 2 aliphatic rings. The molecule has 2 fully saturated rings. The first-order valence-corrected chi connectivity index (χ1v) is 13.6. The third kappa shape index (κ3) is 6.91. The Hall–Kier alpha value is -1.79. The Balaban J connectivity index is 1.35. The second-order valence-electron chi connectivity index (χ2n) is 10.2. The van der Waals surface area contributed by atoms with Gasteiger partial charge in [-0.3, -0.25) is 9.69 Å². The number of piperidine rings is 2. The summed E-state index contributed by atoms with van der Waals surface area (Å²) in [7, 11) is 0. The van der Waals surface area contributed by atoms with Crippen molar-refractivity contribution >= 4 is 34.9 Å². The Kier molecular flexibility index (Phi) is 8.98. The number of rotatable bonds is 8. The highest BCUT2D eigenvalue weighted by molar-refractivity contribution is 6.33. The molecule has 0 spiro atoms. The van der Waals surface area contributed by atoms with Gasteiger partial charge in [0.1, 0.15) is 0 Å². The number of hydrogen-bond acceptors (Lipinski definition) is 4. The zero-order chi connectivity index (χ0) is 24.9. The van der Waals surface area contributed by atoms with Crippen molar-refractivity contribution in [3.8, 4) is 0 Å². The van der Waals surface area contributed by atoms with Gasteiger partial charge >= 0.3 is 5.97 Å². The molecule has 1 unspecified atom stereocenters. The topological polar surface area (TPSA) is 55.8 Å². The Labute approximate surface area is 219 Å². The molecule has 0 aromatic heterocycles. The molecular weight excluding hydrogens is 481 g/mol. The van der Waals surface area contributed by atoms with Gasteiger partial charge in [-0.05, 0) is 100.0 Å². The number of carboxylic acids is 1. The second kappa shape index (κ2) is 12.0. The lowest BCUT2D eigenvalue weighted by Crippen LogP contribution is -2.50. The molecular formula is C28H37Cl2N3O2. The van der Waals surface area contributed by atoms with E-state index in [4.69, 9.17) is 28.3 Å². The normalized spacial score (nSPS) is 21.1. The van der Waals surface area contributed by atoms with Crippen molar-refractivity contribution in [3.05, 3.63) is 63.1 Å². The number of nitrogens with one attached hydrogen (secondary N) is 1. The number of benzene rings is 2. The highest BCUT2D eigenvalue weighted by Crippen LogP contribution is 2.36. The van der Waals surface area contributed by atoms with Crippen molar-refractivity contribution in [2.45, 2.75) is 64.0 Å². The summed E-state index contributed by atoms with van der Waals surface area (Å²) in [6, 6.07) is 13.2. The van der Waals surface area contributed by atoms with Crippen LogP contribution < -0.4 is 5.32 Å². The number of carbonyl (C=O) groups is 1. The standard InChI is InChI=1S/C28H37Cl2N3O2/c1-19-5-7-24(26(30)16-19)20(2)31-27-17-22(6-8-25(27)29)21-9-14-33(15-10-21)23-4-3-12-32(18-23)13-11-28(34)35/h5-8,16-17,20-21,23,31H,3-4,9-15,18H2,1-2H3,(H,34,35)/t20-,23?/m1/s1. The van der Waals surface area contributed by atoms with Crippen molar-refractivity contribution in [3.63, 3.8) is 0 Å². The largest absolute Gasteiger partial charge is 0.481 e. The highest BCUT2D eigenvalue weighted by atomic mass is 35.5. The maximum Gasteiger partial charge on any atom is 0.304 e. The summed E-state index contributed by atoms with van der Waals surface area (Å²) in [5.74, 6) is -0.185. The molecule has 4 rings (SSSR count). The molecule has 2 aliphatic heterocycles. The van der Waals surface area contributed by atoms with Crippen LogP contribution in [0.3, 0.4) is 0 Å². The van der Waals surface area contributed by atoms with Crippen LogP contribution in [0.1, 0.15) is 67.7 Å². The van der Waals surface area contributed by atoms with E-state index in [1.165, 1.54) is 12.0 Å². The van der Waals surface area contributed by atoms with E-state index < -0.39 is 5.97 Å². The number of likely N-dealkylation sites (tertiary alicyclic amines) is 2. The van der Waals surface area contributed by atoms with Crippen LogP contribution in [0.5, 0.6) is 0 Å². The van der Waals surface area contributed by atoms with Gasteiger partial charge in [0.2, 0.25) is 0 Å². The molecule has 2 aromatic rings. The molecule has 35 heavy (non-hydrogen) atoms. The zero-order valence-electron chi connectivity index (χ0n) is 20.8. The summed E-state index contributed by atoms with van der Waals surface area (Å²) < 4.78 is 0. The van der Waals surface area contributed by atoms with Crippen LogP contribution >= 0.6 is 23.2 Å². The van der Waals surface area contributed by atoms with Crippen molar-refractivity contribution in [2.24, 2.45) is 0 Å². The first kappa shape index (κ1) is 26.3. The van der Waals surface area contributed by atoms with E-state index >= 15 is 0 Å². The van der Waals surface area contributed by atoms with E-state index in [2.05, 4.69) is 46.3 Å². The molecule has 2 saturated heterocycles. The highest BCUT2D eigenvalue weighted by Gasteiger charge is 2.29. The molecule has 0 saturated carbocycles. The van der Waals surface area contributed by atoms with Gasteiger partial charge in [0.05, 0.1) is 23.2 Å². The van der Waals surface area contributed by atoms with E-state index in [-0.39, 0.29) is 12.5 Å². The van der Waals surface area contributed by atoms with Crippen LogP contribution in [0.4, 0.5) is 5.69 Å². The second-order valence-corrected chi connectivity index (χ2v) is 11.0. The summed E-state index contributed by atoms with van der Waals surface area (Å²) in [5.41, 5.74) is 4.51. The summed E-state index contributed by atoms with van der Waals surface area (Å²) in [6.07, 6.45) is 4.86. The van der Waals surface area contributed by atoms with Crippen LogP contribution in [0.25, 0.3) is 0 Å². The molecule has 0 amide bonds. The number of aryl methyl sites for hydroxylation is 1. The number of aliphatic carboxylic acids is 1. The summed E-state index contributed by atoms with van der Waals surface area (Å²) in [6.45, 7) is 9.01. The minimum Gasteiger partial charge on any atom is -0.481 e. The molecule has 2 aromatic carbocycles. The number of hydrogen-bond donors (Lipinski definition) is 2. The van der Waals surface area contributed by atoms with E-state index in [0.717, 1.165) is 72.3 Å². The maximum atomic E-state index is 10.9. The van der Waals surface area contributed by atoms with E-state index in [1.54, 1.807) is 0 Å². The van der Waals surface area contributed by atoms with Crippen molar-refractivity contribution < 1.29 is 9.90 Å². The molecule has 0 aliphatic carbocycles. The lowest BCUT2D eigenvalue weighted by molar-refractivity contribution is -0.137. The lowest BCUT2D eigenvalue weighted by Gasteiger charge is -2.42. The predicted octanol–water partition coefficient (Wildman–Crippen LogP) is 6.59. The molecule has 5 nitrogen and oxygen atoms in total. The van der Waals surface area contributed by atoms with Gasteiger partial charge in [0, 0.05) is 24.2 Å². The minimum absolute atomic E-state index is 0.0491. The van der Waals surface area contributed by atoms with Crippen LogP contribution in [-0.4, -0.2) is 59.6 Å². The van der Waals surface area contributed by atoms with Crippen molar-refractivity contribution in [1.29, 1.82) is 0 Å². The fraction of sp³-hybridized carbons (Fsp3) is 0.536. The van der Waals surface area contributed by atoms with E-state index in [0.29, 0.717) is 18.5 Å². The maximum absolute atomic E-state index is 10.9. The van der Waals surface area contributed by atoms with Gasteiger partial charge < -0.3 is 15.3 Å². The molecule has 2 heterocycles. The number of anilines is 1. The smallest absolute Gasteiger partial charge is 0.304 e. The Bertz CT molecular complexity index is 1020. The molecule has 7 heteroatoms. The van der Waals surface area contributed by atoms with Crippen LogP contribution in [0.15, 0.2) is 36.4 Å². The predicted molar refractivity (Wildman–Crippen MR) is 145 cm³/mol. The average molecular weight is 519 g/mol. The van der Waals surface area contributed by atoms with Gasteiger partial charge in [-0.15, -0.1) is 0 Å². The van der Waals surface area contributed by atoms with Gasteiger partial charge in [-0.1, -0.05) is 41.4 Å². The third-order valence-corrected chi connectivity index (χ3v) is 8.28. The number of carboxylic acid groups (broad SMARTS) is 1. The molecule has 2 atom stereocenters. The SMILES string of the molecule is Cc1ccc([C@@H](C)Nc2cc(C3CCN(C4CCCN(CCC(=O)O)C4)CC3)ccc2Cl)c(Cl)c1. The zero-order valence-corrected chi connectivity index (χ0v) is 22.3. The average Bonchev–Trinajstić information content (AvgIpc) is 2.84. The van der Waals surface area contributed by atoms with Crippen molar-refractivity contribution in [1.82, 2.24) is 9.80 Å². The Morgan fingerprint density at radius 2 is 1.86 bits per heavy atom. The quantitative estimate of drug-likeness (QED) is 0.413. The van der Waals surface area contributed by atoms with Crippen molar-refractivity contribution in [2.75, 3.05) is 38.0 Å². The Morgan fingerprint density at radius 3 is 2.57 bits per heavy atom. The fourth-order valence-electron chi connectivity index (χ4n) is 5.59. The van der Waals surface area contributed by atoms with Crippen LogP contribution in [0.2, 0.25) is 10.0 Å². The van der Waals surface area contributed by atoms with Gasteiger partial charge in [0.15, 0.2) is 0 Å². The van der Waals surface area contributed by atoms with Crippen LogP contribution in [-0.2, 0) is 4.79 Å². The van der Waals surface area contributed by atoms with E-state index in [1.807, 2.05) is 19.1 Å². The van der Waals surface area contributed by atoms with Gasteiger partial charge in [-0.2, -0.15) is 0 Å². The van der Waals surface area contributed by atoms with Gasteiger partial charge in [-0.25, -0.2) is 0 Å². The van der Waals surface area contributed by atoms with Gasteiger partial charge in [0.25, 0.3) is 0 Å². The first-order chi connectivity index (χ1) is 16.8. The number of halogens is 2. The summed E-state index contributed by atoms with van der Waals surface area (Å²) in [5, 5.41) is 14.1. The van der Waals surface area contributed by atoms with E-state index in [9.17, 15) is 4.79 Å². The summed E-state index contributed by atoms with van der Waals surface area (Å²) in [4.78, 5) is 15.9. The lowest BCUT2D eigenvalue weighted by atomic mass is 9.88. The summed E-state index contributed by atoms with van der Waals surface area (Å²) >= 11 is 13.1. The minimum atomic E-state index is -0.707. The first-order valence-electron chi connectivity index (χ1n) is 12.8. The third-order valence-electron chi connectivity index (χ3n) is 7.62. The monoisotopic (exact) mass is 517 g/mol.